The van der Waals surface area contributed by atoms with Gasteiger partial charge in [-0.25, -0.2) is 9.78 Å². The Hall–Kier alpha value is -1.82. The van der Waals surface area contributed by atoms with Crippen LogP contribution in [-0.2, 0) is 4.74 Å². The molecule has 0 aliphatic carbocycles. The van der Waals surface area contributed by atoms with Gasteiger partial charge in [0.2, 0.25) is 0 Å². The van der Waals surface area contributed by atoms with Crippen molar-refractivity contribution in [2.45, 2.75) is 45.3 Å². The van der Waals surface area contributed by atoms with Crippen LogP contribution in [0.15, 0.2) is 23.7 Å². The third-order valence-electron chi connectivity index (χ3n) is 3.88. The highest BCUT2D eigenvalue weighted by molar-refractivity contribution is 7.16. The molecule has 5 nitrogen and oxygen atoms in total. The Balaban J connectivity index is 1.61. The quantitative estimate of drug-likeness (QED) is 0.918. The summed E-state index contributed by atoms with van der Waals surface area (Å²) < 4.78 is 6.68. The minimum absolute atomic E-state index is 0.182. The molecule has 0 saturated carbocycles. The van der Waals surface area contributed by atoms with Crippen molar-refractivity contribution in [2.24, 2.45) is 0 Å². The standard InChI is InChI=1S/C17H23N3O2S/c1-17(2,3)22-16(21)20-8-4-5-13(20)10-18-12-6-7-14-15(9-12)23-11-19-14/h6-7,9,11,13,18H,4-5,8,10H2,1-3H3. The topological polar surface area (TPSA) is 54.5 Å². The van der Waals surface area contributed by atoms with E-state index >= 15 is 0 Å². The molecule has 0 bridgehead atoms. The molecule has 6 heteroatoms. The van der Waals surface area contributed by atoms with Gasteiger partial charge in [0.1, 0.15) is 5.60 Å². The number of aromatic nitrogens is 1. The van der Waals surface area contributed by atoms with Crippen LogP contribution >= 0.6 is 11.3 Å². The van der Waals surface area contributed by atoms with E-state index in [0.717, 1.165) is 37.1 Å². The molecule has 1 aromatic carbocycles. The lowest BCUT2D eigenvalue weighted by Gasteiger charge is -2.28. The van der Waals surface area contributed by atoms with E-state index in [0.29, 0.717) is 0 Å². The number of amides is 1. The third-order valence-corrected chi connectivity index (χ3v) is 4.67. The molecule has 0 radical (unpaired) electrons. The molecule has 2 aromatic rings. The normalized spacial score (nSPS) is 18.4. The number of ether oxygens (including phenoxy) is 1. The summed E-state index contributed by atoms with van der Waals surface area (Å²) in [5.41, 5.74) is 3.50. The minimum atomic E-state index is -0.450. The Morgan fingerprint density at radius 1 is 1.48 bits per heavy atom. The van der Waals surface area contributed by atoms with E-state index in [2.05, 4.69) is 16.4 Å². The van der Waals surface area contributed by atoms with Crippen molar-refractivity contribution in [3.8, 4) is 0 Å². The number of hydrogen-bond donors (Lipinski definition) is 1. The summed E-state index contributed by atoms with van der Waals surface area (Å²) in [7, 11) is 0. The van der Waals surface area contributed by atoms with Crippen molar-refractivity contribution in [3.63, 3.8) is 0 Å². The van der Waals surface area contributed by atoms with Gasteiger partial charge < -0.3 is 15.0 Å². The van der Waals surface area contributed by atoms with E-state index in [1.54, 1.807) is 11.3 Å². The monoisotopic (exact) mass is 333 g/mol. The Kier molecular flexibility index (Phi) is 4.43. The van der Waals surface area contributed by atoms with Gasteiger partial charge >= 0.3 is 6.09 Å². The van der Waals surface area contributed by atoms with E-state index in [4.69, 9.17) is 4.74 Å². The zero-order chi connectivity index (χ0) is 16.4. The molecule has 1 fully saturated rings. The Bertz CT molecular complexity index is 692. The fourth-order valence-electron chi connectivity index (χ4n) is 2.81. The Morgan fingerprint density at radius 2 is 2.30 bits per heavy atom. The first-order valence-corrected chi connectivity index (χ1v) is 8.87. The number of fused-ring (bicyclic) bond motifs is 1. The molecule has 1 saturated heterocycles. The second kappa shape index (κ2) is 6.35. The first-order valence-electron chi connectivity index (χ1n) is 7.99. The van der Waals surface area contributed by atoms with Gasteiger partial charge in [-0.3, -0.25) is 0 Å². The lowest BCUT2D eigenvalue weighted by molar-refractivity contribution is 0.0235. The maximum absolute atomic E-state index is 12.3. The Labute approximate surface area is 140 Å². The highest BCUT2D eigenvalue weighted by Gasteiger charge is 2.31. The second-order valence-corrected chi connectivity index (χ2v) is 7.77. The van der Waals surface area contributed by atoms with E-state index < -0.39 is 5.60 Å². The SMILES string of the molecule is CC(C)(C)OC(=O)N1CCCC1CNc1ccc2ncsc2c1. The predicted molar refractivity (Wildman–Crippen MR) is 94.1 cm³/mol. The van der Waals surface area contributed by atoms with Gasteiger partial charge in [-0.15, -0.1) is 11.3 Å². The molecule has 1 amide bonds. The fraction of sp³-hybridized carbons (Fsp3) is 0.529. The maximum Gasteiger partial charge on any atom is 0.410 e. The number of anilines is 1. The highest BCUT2D eigenvalue weighted by atomic mass is 32.1. The Morgan fingerprint density at radius 3 is 3.09 bits per heavy atom. The number of rotatable bonds is 3. The molecule has 1 aromatic heterocycles. The lowest BCUT2D eigenvalue weighted by atomic mass is 10.2. The molecule has 0 spiro atoms. The van der Waals surface area contributed by atoms with Crippen LogP contribution in [-0.4, -0.2) is 40.7 Å². The molecule has 124 valence electrons. The van der Waals surface area contributed by atoms with Crippen LogP contribution in [0.25, 0.3) is 10.2 Å². The number of nitrogens with one attached hydrogen (secondary N) is 1. The van der Waals surface area contributed by atoms with Crippen LogP contribution in [0, 0.1) is 0 Å². The van der Waals surface area contributed by atoms with Crippen LogP contribution in [0.4, 0.5) is 10.5 Å². The number of carbonyl (C=O) groups is 1. The lowest BCUT2D eigenvalue weighted by Crippen LogP contribution is -2.42. The van der Waals surface area contributed by atoms with Crippen LogP contribution in [0.3, 0.4) is 0 Å². The van der Waals surface area contributed by atoms with Gasteiger partial charge in [0.05, 0.1) is 21.8 Å². The second-order valence-electron chi connectivity index (χ2n) is 6.89. The highest BCUT2D eigenvalue weighted by Crippen LogP contribution is 2.24. The van der Waals surface area contributed by atoms with Crippen molar-refractivity contribution < 1.29 is 9.53 Å². The van der Waals surface area contributed by atoms with E-state index in [1.165, 1.54) is 4.70 Å². The molecule has 3 rings (SSSR count). The van der Waals surface area contributed by atoms with Gasteiger partial charge in [0.25, 0.3) is 0 Å². The van der Waals surface area contributed by atoms with Gasteiger partial charge in [0.15, 0.2) is 0 Å². The van der Waals surface area contributed by atoms with Crippen molar-refractivity contribution in [1.29, 1.82) is 0 Å². The molecule has 1 atom stereocenters. The smallest absolute Gasteiger partial charge is 0.410 e. The van der Waals surface area contributed by atoms with Crippen LogP contribution < -0.4 is 5.32 Å². The summed E-state index contributed by atoms with van der Waals surface area (Å²) in [6, 6.07) is 6.35. The fourth-order valence-corrected chi connectivity index (χ4v) is 3.53. The summed E-state index contributed by atoms with van der Waals surface area (Å²) in [6.45, 7) is 7.22. The van der Waals surface area contributed by atoms with Crippen LogP contribution in [0.1, 0.15) is 33.6 Å². The third kappa shape index (κ3) is 3.93. The van der Waals surface area contributed by atoms with E-state index in [-0.39, 0.29) is 12.1 Å². The zero-order valence-corrected chi connectivity index (χ0v) is 14.7. The largest absolute Gasteiger partial charge is 0.444 e. The summed E-state index contributed by atoms with van der Waals surface area (Å²) >= 11 is 1.64. The molecule has 1 aliphatic rings. The van der Waals surface area contributed by atoms with Crippen molar-refractivity contribution >= 4 is 33.3 Å². The molecular weight excluding hydrogens is 310 g/mol. The number of thiazole rings is 1. The first-order chi connectivity index (χ1) is 10.9. The summed E-state index contributed by atoms with van der Waals surface area (Å²) in [6.07, 6.45) is 1.83. The van der Waals surface area contributed by atoms with Crippen molar-refractivity contribution in [1.82, 2.24) is 9.88 Å². The zero-order valence-electron chi connectivity index (χ0n) is 13.8. The molecule has 1 N–H and O–H groups in total. The predicted octanol–water partition coefficient (Wildman–Crippen LogP) is 4.11. The number of likely N-dealkylation sites (tertiary alicyclic amines) is 1. The molecule has 1 aliphatic heterocycles. The van der Waals surface area contributed by atoms with E-state index in [1.807, 2.05) is 43.3 Å². The molecular formula is C17H23N3O2S. The number of hydrogen-bond acceptors (Lipinski definition) is 5. The summed E-state index contributed by atoms with van der Waals surface area (Å²) in [5, 5.41) is 3.45. The first kappa shape index (κ1) is 16.1. The van der Waals surface area contributed by atoms with Crippen LogP contribution in [0.2, 0.25) is 0 Å². The molecule has 23 heavy (non-hydrogen) atoms. The number of nitrogens with zero attached hydrogens (tertiary/aromatic N) is 2. The van der Waals surface area contributed by atoms with Crippen molar-refractivity contribution in [3.05, 3.63) is 23.7 Å². The average molecular weight is 333 g/mol. The molecule has 2 heterocycles. The van der Waals surface area contributed by atoms with Gasteiger partial charge in [-0.2, -0.15) is 0 Å². The number of carbonyl (C=O) groups excluding carboxylic acids is 1. The average Bonchev–Trinajstić information content (AvgIpc) is 3.11. The number of benzene rings is 1. The maximum atomic E-state index is 12.3. The molecule has 1 unspecified atom stereocenters. The summed E-state index contributed by atoms with van der Waals surface area (Å²) in [4.78, 5) is 18.4. The van der Waals surface area contributed by atoms with Gasteiger partial charge in [0, 0.05) is 18.8 Å². The van der Waals surface area contributed by atoms with Crippen LogP contribution in [0.5, 0.6) is 0 Å². The summed E-state index contributed by atoms with van der Waals surface area (Å²) in [5.74, 6) is 0. The van der Waals surface area contributed by atoms with E-state index in [9.17, 15) is 4.79 Å². The van der Waals surface area contributed by atoms with Gasteiger partial charge in [-0.05, 0) is 51.8 Å². The minimum Gasteiger partial charge on any atom is -0.444 e. The van der Waals surface area contributed by atoms with Crippen molar-refractivity contribution in [2.75, 3.05) is 18.4 Å². The van der Waals surface area contributed by atoms with Gasteiger partial charge in [-0.1, -0.05) is 0 Å².